The molecule has 1 aromatic carbocycles. The van der Waals surface area contributed by atoms with Gasteiger partial charge in [0.15, 0.2) is 5.82 Å². The van der Waals surface area contributed by atoms with Crippen molar-refractivity contribution < 1.29 is 9.32 Å². The fraction of sp³-hybridized carbons (Fsp3) is 0.250. The Morgan fingerprint density at radius 3 is 3.00 bits per heavy atom. The summed E-state index contributed by atoms with van der Waals surface area (Å²) in [6, 6.07) is 7.27. The van der Waals surface area contributed by atoms with E-state index in [2.05, 4.69) is 15.5 Å². The topological polar surface area (TPSA) is 68.0 Å². The average Bonchev–Trinajstić information content (AvgIpc) is 2.87. The largest absolute Gasteiger partial charge is 0.358 e. The first-order valence-electron chi connectivity index (χ1n) is 5.56. The summed E-state index contributed by atoms with van der Waals surface area (Å²) in [6.07, 6.45) is 0. The highest BCUT2D eigenvalue weighted by atomic mass is 35.5. The van der Waals surface area contributed by atoms with Crippen LogP contribution in [-0.2, 0) is 10.5 Å². The van der Waals surface area contributed by atoms with Crippen LogP contribution in [-0.4, -0.2) is 28.8 Å². The van der Waals surface area contributed by atoms with E-state index in [1.54, 1.807) is 13.1 Å². The van der Waals surface area contributed by atoms with Gasteiger partial charge >= 0.3 is 0 Å². The van der Waals surface area contributed by atoms with Crippen LogP contribution >= 0.6 is 23.4 Å². The van der Waals surface area contributed by atoms with E-state index < -0.39 is 0 Å². The summed E-state index contributed by atoms with van der Waals surface area (Å²) in [4.78, 5) is 15.3. The van der Waals surface area contributed by atoms with Gasteiger partial charge in [0, 0.05) is 7.05 Å². The zero-order valence-electron chi connectivity index (χ0n) is 10.2. The van der Waals surface area contributed by atoms with Gasteiger partial charge in [-0.25, -0.2) is 0 Å². The summed E-state index contributed by atoms with van der Waals surface area (Å²) in [5.41, 5.74) is 0.708. The molecule has 1 heterocycles. The SMILES string of the molecule is CNC(=O)CSCc1noc(-c2ccccc2Cl)n1. The molecule has 2 rings (SSSR count). The van der Waals surface area contributed by atoms with E-state index in [4.69, 9.17) is 16.1 Å². The Balaban J connectivity index is 2.00. The predicted octanol–water partition coefficient (Wildman–Crippen LogP) is 2.37. The number of thioether (sulfide) groups is 1. The van der Waals surface area contributed by atoms with Crippen LogP contribution in [0.5, 0.6) is 0 Å². The second kappa shape index (κ2) is 6.58. The maximum Gasteiger partial charge on any atom is 0.259 e. The first kappa shape index (κ1) is 13.9. The van der Waals surface area contributed by atoms with Gasteiger partial charge in [-0.1, -0.05) is 28.9 Å². The smallest absolute Gasteiger partial charge is 0.259 e. The number of benzene rings is 1. The van der Waals surface area contributed by atoms with E-state index in [1.807, 2.05) is 18.2 Å². The predicted molar refractivity (Wildman–Crippen MR) is 75.0 cm³/mol. The molecule has 100 valence electrons. The summed E-state index contributed by atoms with van der Waals surface area (Å²) in [5.74, 6) is 1.79. The van der Waals surface area contributed by atoms with Gasteiger partial charge in [-0.3, -0.25) is 4.79 Å². The molecule has 0 saturated carbocycles. The van der Waals surface area contributed by atoms with Crippen LogP contribution in [0.25, 0.3) is 11.5 Å². The zero-order chi connectivity index (χ0) is 13.7. The van der Waals surface area contributed by atoms with Crippen LogP contribution in [0.15, 0.2) is 28.8 Å². The van der Waals surface area contributed by atoms with Gasteiger partial charge in [0.2, 0.25) is 5.91 Å². The van der Waals surface area contributed by atoms with Crippen LogP contribution in [0.3, 0.4) is 0 Å². The molecule has 2 aromatic rings. The molecule has 0 atom stereocenters. The third-order valence-corrected chi connectivity index (χ3v) is 3.57. The van der Waals surface area contributed by atoms with Gasteiger partial charge in [0.1, 0.15) is 0 Å². The molecule has 0 radical (unpaired) electrons. The van der Waals surface area contributed by atoms with Crippen LogP contribution < -0.4 is 5.32 Å². The Kier molecular flexibility index (Phi) is 4.81. The molecule has 0 bridgehead atoms. The van der Waals surface area contributed by atoms with Gasteiger partial charge < -0.3 is 9.84 Å². The third-order valence-electron chi connectivity index (χ3n) is 2.32. The number of rotatable bonds is 5. The Hall–Kier alpha value is -1.53. The maximum absolute atomic E-state index is 11.1. The highest BCUT2D eigenvalue weighted by molar-refractivity contribution is 7.99. The Morgan fingerprint density at radius 2 is 2.26 bits per heavy atom. The number of hydrogen-bond acceptors (Lipinski definition) is 5. The lowest BCUT2D eigenvalue weighted by molar-refractivity contribution is -0.118. The molecular formula is C12H12ClN3O2S. The van der Waals surface area contributed by atoms with Crippen molar-refractivity contribution in [3.8, 4) is 11.5 Å². The number of halogens is 1. The van der Waals surface area contributed by atoms with Gasteiger partial charge in [0.05, 0.1) is 22.1 Å². The van der Waals surface area contributed by atoms with Crippen molar-refractivity contribution in [1.29, 1.82) is 0 Å². The number of carbonyl (C=O) groups excluding carboxylic acids is 1. The molecule has 1 N–H and O–H groups in total. The quantitative estimate of drug-likeness (QED) is 0.917. The minimum Gasteiger partial charge on any atom is -0.358 e. The number of carbonyl (C=O) groups is 1. The molecule has 0 aliphatic carbocycles. The lowest BCUT2D eigenvalue weighted by Gasteiger charge is -1.97. The molecule has 0 aliphatic heterocycles. The molecule has 19 heavy (non-hydrogen) atoms. The van der Waals surface area contributed by atoms with E-state index in [-0.39, 0.29) is 5.91 Å². The van der Waals surface area contributed by atoms with Gasteiger partial charge in [0.25, 0.3) is 5.89 Å². The molecule has 0 fully saturated rings. The summed E-state index contributed by atoms with van der Waals surface area (Å²) >= 11 is 7.47. The van der Waals surface area contributed by atoms with Crippen molar-refractivity contribution in [2.24, 2.45) is 0 Å². The van der Waals surface area contributed by atoms with Crippen molar-refractivity contribution >= 4 is 29.3 Å². The molecule has 1 aromatic heterocycles. The first-order valence-corrected chi connectivity index (χ1v) is 7.10. The highest BCUT2D eigenvalue weighted by Crippen LogP contribution is 2.26. The van der Waals surface area contributed by atoms with E-state index in [1.165, 1.54) is 11.8 Å². The van der Waals surface area contributed by atoms with Gasteiger partial charge in [-0.15, -0.1) is 11.8 Å². The van der Waals surface area contributed by atoms with Crippen LogP contribution in [0.4, 0.5) is 0 Å². The van der Waals surface area contributed by atoms with E-state index in [0.717, 1.165) is 0 Å². The summed E-state index contributed by atoms with van der Waals surface area (Å²) in [5, 5.41) is 6.97. The van der Waals surface area contributed by atoms with Crippen molar-refractivity contribution in [1.82, 2.24) is 15.5 Å². The third kappa shape index (κ3) is 3.71. The number of amides is 1. The lowest BCUT2D eigenvalue weighted by atomic mass is 10.2. The number of aromatic nitrogens is 2. The van der Waals surface area contributed by atoms with Crippen molar-refractivity contribution in [3.63, 3.8) is 0 Å². The van der Waals surface area contributed by atoms with Crippen LogP contribution in [0.1, 0.15) is 5.82 Å². The molecule has 7 heteroatoms. The zero-order valence-corrected chi connectivity index (χ0v) is 11.8. The normalized spacial score (nSPS) is 10.4. The first-order chi connectivity index (χ1) is 9.20. The summed E-state index contributed by atoms with van der Waals surface area (Å²) in [6.45, 7) is 0. The Bertz CT molecular complexity index is 574. The minimum absolute atomic E-state index is 0.0279. The van der Waals surface area contributed by atoms with Crippen molar-refractivity contribution in [2.45, 2.75) is 5.75 Å². The summed E-state index contributed by atoms with van der Waals surface area (Å²) < 4.78 is 5.16. The van der Waals surface area contributed by atoms with E-state index >= 15 is 0 Å². The molecule has 0 spiro atoms. The highest BCUT2D eigenvalue weighted by Gasteiger charge is 2.11. The van der Waals surface area contributed by atoms with Crippen molar-refractivity contribution in [2.75, 3.05) is 12.8 Å². The number of nitrogens with zero attached hydrogens (tertiary/aromatic N) is 2. The number of nitrogens with one attached hydrogen (secondary N) is 1. The van der Waals surface area contributed by atoms with Crippen LogP contribution in [0.2, 0.25) is 5.02 Å². The standard InChI is InChI=1S/C12H12ClN3O2S/c1-14-11(17)7-19-6-10-15-12(18-16-10)8-4-2-3-5-9(8)13/h2-5H,6-7H2,1H3,(H,14,17). The molecule has 0 unspecified atom stereocenters. The minimum atomic E-state index is -0.0279. The lowest BCUT2D eigenvalue weighted by Crippen LogP contribution is -2.19. The fourth-order valence-electron chi connectivity index (χ4n) is 1.36. The van der Waals surface area contributed by atoms with E-state index in [9.17, 15) is 4.79 Å². The fourth-order valence-corrected chi connectivity index (χ4v) is 2.31. The van der Waals surface area contributed by atoms with Gasteiger partial charge in [-0.2, -0.15) is 4.98 Å². The molecule has 5 nitrogen and oxygen atoms in total. The average molecular weight is 298 g/mol. The van der Waals surface area contributed by atoms with Gasteiger partial charge in [-0.05, 0) is 12.1 Å². The maximum atomic E-state index is 11.1. The second-order valence-electron chi connectivity index (χ2n) is 3.66. The number of hydrogen-bond donors (Lipinski definition) is 1. The van der Waals surface area contributed by atoms with E-state index in [0.29, 0.717) is 33.8 Å². The Morgan fingerprint density at radius 1 is 1.47 bits per heavy atom. The van der Waals surface area contributed by atoms with Crippen LogP contribution in [0, 0.1) is 0 Å². The molecule has 1 amide bonds. The summed E-state index contributed by atoms with van der Waals surface area (Å²) in [7, 11) is 1.60. The molecular weight excluding hydrogens is 286 g/mol. The second-order valence-corrected chi connectivity index (χ2v) is 5.05. The monoisotopic (exact) mass is 297 g/mol. The van der Waals surface area contributed by atoms with Crippen molar-refractivity contribution in [3.05, 3.63) is 35.1 Å². The Labute approximate surface area is 119 Å². The molecule has 0 saturated heterocycles. The molecule has 0 aliphatic rings.